The first-order chi connectivity index (χ1) is 15.9. The fourth-order valence-corrected chi connectivity index (χ4v) is 3.43. The summed E-state index contributed by atoms with van der Waals surface area (Å²) in [5.74, 6) is -0.775. The fourth-order valence-electron chi connectivity index (χ4n) is 3.43. The Kier molecular flexibility index (Phi) is 7.26. The molecule has 0 radical (unpaired) electrons. The molecule has 8 nitrogen and oxygen atoms in total. The molecule has 0 fully saturated rings. The molecule has 0 aliphatic carbocycles. The van der Waals surface area contributed by atoms with Gasteiger partial charge < -0.3 is 14.7 Å². The van der Waals surface area contributed by atoms with Crippen LogP contribution in [0.1, 0.15) is 41.0 Å². The molecule has 8 heteroatoms. The summed E-state index contributed by atoms with van der Waals surface area (Å²) in [4.78, 5) is 27.1. The molecule has 0 atom stereocenters. The molecule has 3 rings (SSSR count). The average Bonchev–Trinajstić information content (AvgIpc) is 2.84. The molecule has 0 aliphatic rings. The van der Waals surface area contributed by atoms with E-state index in [4.69, 9.17) is 4.74 Å². The Hall–Kier alpha value is -4.38. The molecule has 0 amide bonds. The number of nitriles is 1. The van der Waals surface area contributed by atoms with Crippen LogP contribution in [0.25, 0.3) is 17.8 Å². The van der Waals surface area contributed by atoms with Gasteiger partial charge in [0.1, 0.15) is 17.4 Å². The second-order valence-corrected chi connectivity index (χ2v) is 7.07. The van der Waals surface area contributed by atoms with Gasteiger partial charge in [-0.3, -0.25) is 4.79 Å². The Bertz CT molecular complexity index is 1270. The summed E-state index contributed by atoms with van der Waals surface area (Å²) >= 11 is 0. The van der Waals surface area contributed by atoms with Gasteiger partial charge >= 0.3 is 5.97 Å². The highest BCUT2D eigenvalue weighted by Gasteiger charge is 2.21. The topological polar surface area (TPSA) is 108 Å². The lowest BCUT2D eigenvalue weighted by Crippen LogP contribution is -2.28. The smallest absolute Gasteiger partial charge is 0.357 e. The Morgan fingerprint density at radius 3 is 2.27 bits per heavy atom. The highest BCUT2D eigenvalue weighted by atomic mass is 16.5. The second kappa shape index (κ2) is 10.3. The van der Waals surface area contributed by atoms with Crippen LogP contribution in [0.4, 0.5) is 5.69 Å². The van der Waals surface area contributed by atoms with Gasteiger partial charge in [0.05, 0.1) is 12.8 Å². The molecule has 2 aromatic carbocycles. The first kappa shape index (κ1) is 23.3. The minimum atomic E-state index is -1.34. The Labute approximate surface area is 191 Å². The van der Waals surface area contributed by atoms with Crippen LogP contribution in [0.2, 0.25) is 0 Å². The van der Waals surface area contributed by atoms with Crippen LogP contribution in [0.15, 0.2) is 53.3 Å². The standard InChI is InChI=1S/C25H24N4O4/c1-4-28(5-2)18-9-6-17(7-10-18)8-15-21-22(16-26)24(30)29(27-23(21)25(31)32)19-11-13-20(33-3)14-12-19/h6-15H,4-5H2,1-3H3,(H,31,32)/b15-8-. The first-order valence-electron chi connectivity index (χ1n) is 10.4. The Morgan fingerprint density at radius 2 is 1.76 bits per heavy atom. The summed E-state index contributed by atoms with van der Waals surface area (Å²) in [6.07, 6.45) is 3.11. The van der Waals surface area contributed by atoms with Crippen molar-refractivity contribution in [1.82, 2.24) is 9.78 Å². The summed E-state index contributed by atoms with van der Waals surface area (Å²) in [5, 5.41) is 23.4. The van der Waals surface area contributed by atoms with Crippen LogP contribution >= 0.6 is 0 Å². The summed E-state index contributed by atoms with van der Waals surface area (Å²) in [7, 11) is 1.51. The van der Waals surface area contributed by atoms with E-state index in [-0.39, 0.29) is 11.1 Å². The normalized spacial score (nSPS) is 10.7. The minimum Gasteiger partial charge on any atom is -0.497 e. The van der Waals surface area contributed by atoms with E-state index in [2.05, 4.69) is 23.8 Å². The predicted molar refractivity (Wildman–Crippen MR) is 127 cm³/mol. The predicted octanol–water partition coefficient (Wildman–Crippen LogP) is 3.83. The highest BCUT2D eigenvalue weighted by Crippen LogP contribution is 2.19. The minimum absolute atomic E-state index is 0.0346. The number of ether oxygens (including phenoxy) is 1. The van der Waals surface area contributed by atoms with Crippen LogP contribution in [-0.2, 0) is 0 Å². The van der Waals surface area contributed by atoms with Gasteiger partial charge in [-0.25, -0.2) is 4.79 Å². The third kappa shape index (κ3) is 4.93. The SMILES string of the molecule is CCN(CC)c1ccc(/C=C\c2c(C(=O)O)nn(-c3ccc(OC)cc3)c(=O)c2C#N)cc1. The zero-order chi connectivity index (χ0) is 24.0. The molecule has 0 unspecified atom stereocenters. The number of anilines is 1. The average molecular weight is 444 g/mol. The van der Waals surface area contributed by atoms with Crippen LogP contribution < -0.4 is 15.2 Å². The number of carbonyl (C=O) groups is 1. The number of carboxylic acids is 1. The van der Waals surface area contributed by atoms with Crippen molar-refractivity contribution in [2.75, 3.05) is 25.1 Å². The lowest BCUT2D eigenvalue weighted by Gasteiger charge is -2.20. The number of aromatic nitrogens is 2. The highest BCUT2D eigenvalue weighted by molar-refractivity contribution is 5.92. The summed E-state index contributed by atoms with van der Waals surface area (Å²) in [6.45, 7) is 5.93. The van der Waals surface area contributed by atoms with Crippen molar-refractivity contribution < 1.29 is 14.6 Å². The second-order valence-electron chi connectivity index (χ2n) is 7.07. The number of hydrogen-bond donors (Lipinski definition) is 1. The van der Waals surface area contributed by atoms with Crippen LogP contribution in [0.3, 0.4) is 0 Å². The lowest BCUT2D eigenvalue weighted by atomic mass is 10.1. The summed E-state index contributed by atoms with van der Waals surface area (Å²) < 4.78 is 6.02. The van der Waals surface area contributed by atoms with E-state index in [1.165, 1.54) is 13.2 Å². The zero-order valence-electron chi connectivity index (χ0n) is 18.6. The molecular weight excluding hydrogens is 420 g/mol. The van der Waals surface area contributed by atoms with Gasteiger partial charge in [-0.15, -0.1) is 0 Å². The van der Waals surface area contributed by atoms with Gasteiger partial charge in [0.25, 0.3) is 5.56 Å². The molecule has 0 saturated heterocycles. The van der Waals surface area contributed by atoms with Gasteiger partial charge in [0.2, 0.25) is 0 Å². The van der Waals surface area contributed by atoms with Gasteiger partial charge in [-0.2, -0.15) is 15.0 Å². The first-order valence-corrected chi connectivity index (χ1v) is 10.4. The maximum Gasteiger partial charge on any atom is 0.357 e. The molecular formula is C25H24N4O4. The van der Waals surface area contributed by atoms with E-state index in [1.807, 2.05) is 30.3 Å². The van der Waals surface area contributed by atoms with Crippen LogP contribution in [0.5, 0.6) is 5.75 Å². The molecule has 33 heavy (non-hydrogen) atoms. The van der Waals surface area contributed by atoms with E-state index in [0.717, 1.165) is 29.0 Å². The number of methoxy groups -OCH3 is 1. The van der Waals surface area contributed by atoms with Crippen molar-refractivity contribution in [2.45, 2.75) is 13.8 Å². The van der Waals surface area contributed by atoms with Crippen molar-refractivity contribution in [2.24, 2.45) is 0 Å². The Morgan fingerprint density at radius 1 is 1.12 bits per heavy atom. The number of carboxylic acid groups (broad SMARTS) is 1. The van der Waals surface area contributed by atoms with E-state index in [9.17, 15) is 20.0 Å². The monoisotopic (exact) mass is 444 g/mol. The molecule has 1 aromatic heterocycles. The lowest BCUT2D eigenvalue weighted by molar-refractivity contribution is 0.0688. The van der Waals surface area contributed by atoms with Crippen molar-refractivity contribution in [1.29, 1.82) is 5.26 Å². The molecule has 0 aliphatic heterocycles. The van der Waals surface area contributed by atoms with Crippen molar-refractivity contribution in [3.8, 4) is 17.5 Å². The maximum atomic E-state index is 13.0. The number of benzene rings is 2. The molecule has 3 aromatic rings. The number of hydrogen-bond acceptors (Lipinski definition) is 6. The quantitative estimate of drug-likeness (QED) is 0.562. The summed E-state index contributed by atoms with van der Waals surface area (Å²) in [5.41, 5.74) is 0.765. The number of nitrogens with zero attached hydrogens (tertiary/aromatic N) is 4. The maximum absolute atomic E-state index is 13.0. The van der Waals surface area contributed by atoms with E-state index in [1.54, 1.807) is 30.3 Å². The molecule has 1 heterocycles. The fraction of sp³-hybridized carbons (Fsp3) is 0.200. The van der Waals surface area contributed by atoms with Gasteiger partial charge in [0.15, 0.2) is 5.69 Å². The largest absolute Gasteiger partial charge is 0.497 e. The van der Waals surface area contributed by atoms with Crippen molar-refractivity contribution in [3.63, 3.8) is 0 Å². The van der Waals surface area contributed by atoms with Crippen molar-refractivity contribution >= 4 is 23.8 Å². The zero-order valence-corrected chi connectivity index (χ0v) is 18.6. The molecule has 0 bridgehead atoms. The molecule has 0 spiro atoms. The van der Waals surface area contributed by atoms with Crippen LogP contribution in [0, 0.1) is 11.3 Å². The van der Waals surface area contributed by atoms with E-state index >= 15 is 0 Å². The van der Waals surface area contributed by atoms with E-state index < -0.39 is 17.2 Å². The third-order valence-corrected chi connectivity index (χ3v) is 5.23. The van der Waals surface area contributed by atoms with Crippen LogP contribution in [-0.4, -0.2) is 41.1 Å². The van der Waals surface area contributed by atoms with Gasteiger partial charge in [0, 0.05) is 24.3 Å². The molecule has 1 N–H and O–H groups in total. The Balaban J connectivity index is 2.06. The third-order valence-electron chi connectivity index (χ3n) is 5.23. The molecule has 168 valence electrons. The number of aromatic carboxylic acids is 1. The molecule has 0 saturated carbocycles. The van der Waals surface area contributed by atoms with Gasteiger partial charge in [-0.1, -0.05) is 24.3 Å². The van der Waals surface area contributed by atoms with Gasteiger partial charge in [-0.05, 0) is 55.8 Å². The summed E-state index contributed by atoms with van der Waals surface area (Å²) in [6, 6.07) is 15.9. The van der Waals surface area contributed by atoms with Crippen molar-refractivity contribution in [3.05, 3.63) is 81.3 Å². The van der Waals surface area contributed by atoms with E-state index in [0.29, 0.717) is 11.4 Å². The number of rotatable bonds is 8.